The fourth-order valence-corrected chi connectivity index (χ4v) is 21.4. The molecule has 6 nitrogen and oxygen atoms in total. The van der Waals surface area contributed by atoms with Gasteiger partial charge in [0, 0.05) is 54.3 Å². The lowest BCUT2D eigenvalue weighted by molar-refractivity contribution is -0.0227. The summed E-state index contributed by atoms with van der Waals surface area (Å²) in [5.41, 5.74) is 8.30. The fourth-order valence-electron chi connectivity index (χ4n) is 21.4. The van der Waals surface area contributed by atoms with Crippen molar-refractivity contribution in [1.29, 1.82) is 0 Å². The molecule has 5 saturated heterocycles. The van der Waals surface area contributed by atoms with Crippen LogP contribution in [0.2, 0.25) is 0 Å². The largest absolute Gasteiger partial charge is 0.453 e. The Morgan fingerprint density at radius 2 is 0.800 bits per heavy atom. The number of ether oxygens (including phenoxy) is 1. The van der Waals surface area contributed by atoms with Crippen LogP contribution < -0.4 is 30.9 Å². The molecule has 20 atom stereocenters. The zero-order valence-electron chi connectivity index (χ0n) is 53.5. The van der Waals surface area contributed by atoms with E-state index < -0.39 is 0 Å². The topological polar surface area (TPSA) is 60.6 Å². The Morgan fingerprint density at radius 3 is 1.19 bits per heavy atom. The van der Waals surface area contributed by atoms with Crippen molar-refractivity contribution in [3.05, 3.63) is 83.4 Å². The molecule has 6 aliphatic heterocycles. The first-order valence-corrected chi connectivity index (χ1v) is 33.3. The van der Waals surface area contributed by atoms with E-state index in [0.717, 1.165) is 35.2 Å². The van der Waals surface area contributed by atoms with Gasteiger partial charge in [-0.25, -0.2) is 0 Å². The number of anilines is 2. The molecule has 4 saturated carbocycles. The summed E-state index contributed by atoms with van der Waals surface area (Å²) in [6, 6.07) is 29.9. The maximum atomic E-state index is 6.85. The third kappa shape index (κ3) is 9.43. The van der Waals surface area contributed by atoms with Crippen molar-refractivity contribution in [2.75, 3.05) is 4.90 Å². The molecule has 4 N–H and O–H groups in total. The maximum Gasteiger partial charge on any atom is 0.151 e. The van der Waals surface area contributed by atoms with Crippen LogP contribution in [0.1, 0.15) is 211 Å². The third-order valence-electron chi connectivity index (χ3n) is 25.3. The van der Waals surface area contributed by atoms with Crippen LogP contribution in [0.3, 0.4) is 0 Å². The Balaban J connectivity index is 1.00. The van der Waals surface area contributed by atoms with Gasteiger partial charge in [0.15, 0.2) is 11.5 Å². The van der Waals surface area contributed by atoms with Crippen LogP contribution in [0.5, 0.6) is 11.5 Å². The van der Waals surface area contributed by atoms with Crippen molar-refractivity contribution in [1.82, 2.24) is 21.3 Å². The SMILES string of the molecule is CC(C)(C)c1cc(C2C3CC4C(N3)C(C3CCC(N3)C(N3c5ccccc5Oc5ccccc53)C3CCC(N3)C3C5CC(C(C)(C)C)CC(C(C)(C)C)C5C5CC2NC53)C2CC(C(C)(C)C)CC(C(C)(C)C)C42)cc(C(C)(C)C)c1. The minimum absolute atomic E-state index is 0.0556. The molecule has 3 aromatic rings. The molecular weight excluding hydrogens is 975 g/mol. The van der Waals surface area contributed by atoms with Gasteiger partial charge in [-0.05, 0) is 209 Å². The number of nitrogens with one attached hydrogen (secondary N) is 4. The van der Waals surface area contributed by atoms with E-state index >= 15 is 0 Å². The molecule has 10 aliphatic rings. The summed E-state index contributed by atoms with van der Waals surface area (Å²) in [7, 11) is 0. The molecule has 0 spiro atoms. The van der Waals surface area contributed by atoms with E-state index in [0.29, 0.717) is 102 Å². The van der Waals surface area contributed by atoms with Crippen LogP contribution >= 0.6 is 0 Å². The first-order chi connectivity index (χ1) is 37.4. The molecule has 4 aliphatic carbocycles. The Labute approximate surface area is 487 Å². The number of rotatable bonds is 2. The molecule has 0 radical (unpaired) electrons. The molecule has 8 bridgehead atoms. The molecule has 3 aromatic carbocycles. The number of para-hydroxylation sites is 4. The van der Waals surface area contributed by atoms with Gasteiger partial charge >= 0.3 is 0 Å². The van der Waals surface area contributed by atoms with Gasteiger partial charge in [0.1, 0.15) is 0 Å². The van der Waals surface area contributed by atoms with Gasteiger partial charge in [0.25, 0.3) is 0 Å². The van der Waals surface area contributed by atoms with Crippen LogP contribution in [0.4, 0.5) is 11.4 Å². The van der Waals surface area contributed by atoms with Crippen LogP contribution in [0.25, 0.3) is 0 Å². The number of hydrogen-bond acceptors (Lipinski definition) is 6. The third-order valence-corrected chi connectivity index (χ3v) is 25.3. The van der Waals surface area contributed by atoms with E-state index in [-0.39, 0.29) is 38.5 Å². The van der Waals surface area contributed by atoms with E-state index in [4.69, 9.17) is 26.0 Å². The normalized spacial score (nSPS) is 41.5. The van der Waals surface area contributed by atoms with Crippen LogP contribution in [-0.4, -0.2) is 54.4 Å². The highest BCUT2D eigenvalue weighted by molar-refractivity contribution is 5.79. The van der Waals surface area contributed by atoms with E-state index in [2.05, 4.69) is 196 Å². The molecule has 6 heteroatoms. The summed E-state index contributed by atoms with van der Waals surface area (Å²) in [6.07, 6.45) is 13.0. The van der Waals surface area contributed by atoms with E-state index in [1.165, 1.54) is 86.7 Å². The Bertz CT molecular complexity index is 2590. The first-order valence-electron chi connectivity index (χ1n) is 33.3. The standard InChI is InChI=1S/C74H111N5O/c1-69(2,3)41-31-40(32-42(33-41)70(4,5)6)61-55-38-47-62-45(34-43(71(7,8)9)36-49(62)73(13,14)15)64(66(47)77-55)51-27-29-53(75-51)68(79-57-23-19-21-25-59(57)80-60-26-22-20-24-58(60)79)54-30-28-52(76-54)65-46-35-44(72(10,11)12)37-50(74(16,17)18)63(46)48-39-56(61)78-67(48)65/h19-26,31-33,43-56,61-68,75-78H,27-30,34-39H2,1-18H3. The zero-order chi connectivity index (χ0) is 56.7. The average Bonchev–Trinajstić information content (AvgIpc) is 4.23. The second-order valence-electron chi connectivity index (χ2n) is 35.7. The van der Waals surface area contributed by atoms with Gasteiger partial charge in [0.2, 0.25) is 0 Å². The molecule has 0 aromatic heterocycles. The van der Waals surface area contributed by atoms with Crippen LogP contribution in [-0.2, 0) is 10.8 Å². The molecule has 438 valence electrons. The van der Waals surface area contributed by atoms with Crippen molar-refractivity contribution in [3.8, 4) is 11.5 Å². The highest BCUT2D eigenvalue weighted by Gasteiger charge is 2.67. The lowest BCUT2D eigenvalue weighted by Gasteiger charge is -2.52. The van der Waals surface area contributed by atoms with Crippen LogP contribution in [0.15, 0.2) is 66.7 Å². The zero-order valence-corrected chi connectivity index (χ0v) is 53.5. The first kappa shape index (κ1) is 56.2. The molecule has 6 heterocycles. The van der Waals surface area contributed by atoms with Gasteiger partial charge in [-0.1, -0.05) is 167 Å². The number of fused-ring (bicyclic) bond motifs is 16. The Morgan fingerprint density at radius 1 is 0.400 bits per heavy atom. The Kier molecular flexibility index (Phi) is 13.6. The van der Waals surface area contributed by atoms with Gasteiger partial charge in [-0.3, -0.25) is 0 Å². The van der Waals surface area contributed by atoms with Crippen molar-refractivity contribution in [2.45, 2.75) is 260 Å². The van der Waals surface area contributed by atoms with E-state index in [9.17, 15) is 0 Å². The monoisotopic (exact) mass is 1090 g/mol. The quantitative estimate of drug-likeness (QED) is 0.205. The average molecular weight is 1090 g/mol. The number of benzene rings is 3. The summed E-state index contributed by atoms with van der Waals surface area (Å²) < 4.78 is 6.85. The molecule has 9 fully saturated rings. The van der Waals surface area contributed by atoms with E-state index in [1.807, 2.05) is 0 Å². The molecule has 80 heavy (non-hydrogen) atoms. The number of nitrogens with zero attached hydrogens (tertiary/aromatic N) is 1. The van der Waals surface area contributed by atoms with Crippen LogP contribution in [0, 0.1) is 92.7 Å². The second-order valence-corrected chi connectivity index (χ2v) is 35.7. The number of hydrogen-bond donors (Lipinski definition) is 4. The van der Waals surface area contributed by atoms with Crippen molar-refractivity contribution in [2.24, 2.45) is 92.7 Å². The molecular formula is C74H111N5O. The molecule has 13 rings (SSSR count). The van der Waals surface area contributed by atoms with Crippen molar-refractivity contribution in [3.63, 3.8) is 0 Å². The van der Waals surface area contributed by atoms with Gasteiger partial charge in [0.05, 0.1) is 17.4 Å². The van der Waals surface area contributed by atoms with Gasteiger partial charge in [-0.2, -0.15) is 0 Å². The fraction of sp³-hybridized carbons (Fsp3) is 0.757. The Hall–Kier alpha value is -2.90. The molecule has 20 unspecified atom stereocenters. The summed E-state index contributed by atoms with van der Waals surface area (Å²) in [6.45, 7) is 46.1. The summed E-state index contributed by atoms with van der Waals surface area (Å²) in [4.78, 5) is 2.81. The molecule has 0 amide bonds. The lowest BCUT2D eigenvalue weighted by Crippen LogP contribution is -2.60. The van der Waals surface area contributed by atoms with Crippen molar-refractivity contribution >= 4 is 11.4 Å². The summed E-state index contributed by atoms with van der Waals surface area (Å²) in [5, 5.41) is 19.4. The lowest BCUT2D eigenvalue weighted by atomic mass is 9.54. The summed E-state index contributed by atoms with van der Waals surface area (Å²) in [5.74, 6) is 10.7. The minimum atomic E-state index is 0.0556. The predicted octanol–water partition coefficient (Wildman–Crippen LogP) is 16.6. The van der Waals surface area contributed by atoms with Gasteiger partial charge in [-0.15, -0.1) is 0 Å². The van der Waals surface area contributed by atoms with Gasteiger partial charge < -0.3 is 30.9 Å². The van der Waals surface area contributed by atoms with Crippen molar-refractivity contribution < 1.29 is 4.74 Å². The predicted molar refractivity (Wildman–Crippen MR) is 334 cm³/mol. The summed E-state index contributed by atoms with van der Waals surface area (Å²) >= 11 is 0. The minimum Gasteiger partial charge on any atom is -0.453 e. The van der Waals surface area contributed by atoms with E-state index in [1.54, 1.807) is 5.56 Å². The highest BCUT2D eigenvalue weighted by atomic mass is 16.5. The maximum absolute atomic E-state index is 6.85. The highest BCUT2D eigenvalue weighted by Crippen LogP contribution is 2.67. The second kappa shape index (κ2) is 19.3. The smallest absolute Gasteiger partial charge is 0.151 e.